The van der Waals surface area contributed by atoms with Crippen molar-refractivity contribution in [3.63, 3.8) is 0 Å². The Bertz CT molecular complexity index is 202. The molecule has 0 aliphatic heterocycles. The van der Waals surface area contributed by atoms with Crippen LogP contribution in [0.25, 0.3) is 5.57 Å². The van der Waals surface area contributed by atoms with Crippen LogP contribution in [0.1, 0.15) is 33.4 Å². The number of aromatic nitrogens is 2. The van der Waals surface area contributed by atoms with E-state index in [1.165, 1.54) is 17.3 Å². The third-order valence-electron chi connectivity index (χ3n) is 1.20. The van der Waals surface area contributed by atoms with E-state index >= 15 is 0 Å². The average molecular weight is 170 g/mol. The number of nitrogens with zero attached hydrogens (tertiary/aromatic N) is 2. The van der Waals surface area contributed by atoms with Gasteiger partial charge >= 0.3 is 0 Å². The molecule has 0 spiro atoms. The van der Waals surface area contributed by atoms with Crippen molar-refractivity contribution in [2.24, 2.45) is 0 Å². The first-order valence-electron chi connectivity index (χ1n) is 3.75. The number of hydrogen-bond donors (Lipinski definition) is 0. The highest BCUT2D eigenvalue weighted by atomic mass is 32.1. The number of hydrogen-bond acceptors (Lipinski definition) is 3. The SMILES string of the molecule is C/C=C(\C)c1cnsn1.CC. The van der Waals surface area contributed by atoms with Gasteiger partial charge in [0, 0.05) is 0 Å². The lowest BCUT2D eigenvalue weighted by Gasteiger charge is -1.87. The molecule has 1 aromatic rings. The van der Waals surface area contributed by atoms with Crippen molar-refractivity contribution in [2.45, 2.75) is 27.7 Å². The molecule has 0 fully saturated rings. The highest BCUT2D eigenvalue weighted by molar-refractivity contribution is 6.99. The third kappa shape index (κ3) is 3.28. The van der Waals surface area contributed by atoms with Crippen LogP contribution in [0.5, 0.6) is 0 Å². The Balaban J connectivity index is 0.000000461. The van der Waals surface area contributed by atoms with Gasteiger partial charge in [0.15, 0.2) is 0 Å². The fourth-order valence-corrected chi connectivity index (χ4v) is 0.960. The second-order valence-electron chi connectivity index (χ2n) is 1.76. The Morgan fingerprint density at radius 3 is 2.55 bits per heavy atom. The van der Waals surface area contributed by atoms with Crippen molar-refractivity contribution in [3.05, 3.63) is 18.0 Å². The van der Waals surface area contributed by atoms with Crippen LogP contribution in [0.15, 0.2) is 12.3 Å². The van der Waals surface area contributed by atoms with Crippen molar-refractivity contribution < 1.29 is 0 Å². The second-order valence-corrected chi connectivity index (χ2v) is 2.32. The Morgan fingerprint density at radius 1 is 1.55 bits per heavy atom. The Hall–Kier alpha value is -0.700. The zero-order valence-electron chi connectivity index (χ0n) is 7.46. The van der Waals surface area contributed by atoms with Crippen LogP contribution in [0.3, 0.4) is 0 Å². The molecule has 0 aromatic carbocycles. The lowest BCUT2D eigenvalue weighted by Crippen LogP contribution is -1.74. The molecule has 0 aliphatic rings. The first-order valence-corrected chi connectivity index (χ1v) is 4.48. The molecule has 0 bridgehead atoms. The summed E-state index contributed by atoms with van der Waals surface area (Å²) in [5, 5.41) is 0. The molecule has 1 aromatic heterocycles. The quantitative estimate of drug-likeness (QED) is 0.647. The first kappa shape index (κ1) is 10.3. The fraction of sp³-hybridized carbons (Fsp3) is 0.500. The van der Waals surface area contributed by atoms with Crippen LogP contribution in [-0.2, 0) is 0 Å². The highest BCUT2D eigenvalue weighted by Gasteiger charge is 1.94. The molecular formula is C8H14N2S. The Morgan fingerprint density at radius 2 is 2.18 bits per heavy atom. The largest absolute Gasteiger partial charge is 0.181 e. The zero-order valence-corrected chi connectivity index (χ0v) is 8.27. The van der Waals surface area contributed by atoms with E-state index in [1.807, 2.05) is 33.8 Å². The second kappa shape index (κ2) is 6.04. The van der Waals surface area contributed by atoms with Gasteiger partial charge in [0.25, 0.3) is 0 Å². The maximum absolute atomic E-state index is 4.05. The van der Waals surface area contributed by atoms with E-state index in [2.05, 4.69) is 8.75 Å². The van der Waals surface area contributed by atoms with Crippen LogP contribution in [0, 0.1) is 0 Å². The molecule has 0 unspecified atom stereocenters. The van der Waals surface area contributed by atoms with Gasteiger partial charge in [0.2, 0.25) is 0 Å². The van der Waals surface area contributed by atoms with E-state index in [-0.39, 0.29) is 0 Å². The van der Waals surface area contributed by atoms with Crippen LogP contribution in [-0.4, -0.2) is 8.75 Å². The standard InChI is InChI=1S/C6H8N2S.C2H6/c1-3-5(2)6-4-7-9-8-6;1-2/h3-4H,1-2H3;1-2H3/b5-3+;. The van der Waals surface area contributed by atoms with Crippen molar-refractivity contribution in [3.8, 4) is 0 Å². The van der Waals surface area contributed by atoms with Crippen LogP contribution < -0.4 is 0 Å². The van der Waals surface area contributed by atoms with Gasteiger partial charge in [0.1, 0.15) is 0 Å². The van der Waals surface area contributed by atoms with Crippen LogP contribution >= 0.6 is 11.7 Å². The summed E-state index contributed by atoms with van der Waals surface area (Å²) < 4.78 is 7.93. The summed E-state index contributed by atoms with van der Waals surface area (Å²) >= 11 is 1.24. The molecule has 62 valence electrons. The first-order chi connectivity index (χ1) is 5.34. The summed E-state index contributed by atoms with van der Waals surface area (Å²) in [7, 11) is 0. The maximum atomic E-state index is 4.05. The molecule has 1 heterocycles. The zero-order chi connectivity index (χ0) is 8.69. The number of rotatable bonds is 1. The van der Waals surface area contributed by atoms with Gasteiger partial charge in [-0.1, -0.05) is 19.9 Å². The molecule has 0 amide bonds. The van der Waals surface area contributed by atoms with Gasteiger partial charge in [0.05, 0.1) is 23.6 Å². The maximum Gasteiger partial charge on any atom is 0.0995 e. The molecule has 3 heteroatoms. The lowest BCUT2D eigenvalue weighted by atomic mass is 10.2. The highest BCUT2D eigenvalue weighted by Crippen LogP contribution is 2.08. The minimum atomic E-state index is 0.988. The summed E-state index contributed by atoms with van der Waals surface area (Å²) in [6.45, 7) is 8.02. The Labute approximate surface area is 72.3 Å². The van der Waals surface area contributed by atoms with E-state index in [0.717, 1.165) is 5.69 Å². The average Bonchev–Trinajstić information content (AvgIpc) is 2.59. The molecule has 0 aliphatic carbocycles. The van der Waals surface area contributed by atoms with Gasteiger partial charge in [-0.3, -0.25) is 0 Å². The molecular weight excluding hydrogens is 156 g/mol. The van der Waals surface area contributed by atoms with Crippen LogP contribution in [0.2, 0.25) is 0 Å². The van der Waals surface area contributed by atoms with Crippen molar-refractivity contribution in [1.29, 1.82) is 0 Å². The lowest BCUT2D eigenvalue weighted by molar-refractivity contribution is 1.41. The van der Waals surface area contributed by atoms with Crippen molar-refractivity contribution in [2.75, 3.05) is 0 Å². The summed E-state index contributed by atoms with van der Waals surface area (Å²) in [6.07, 6.45) is 3.80. The van der Waals surface area contributed by atoms with E-state index in [0.29, 0.717) is 0 Å². The van der Waals surface area contributed by atoms with Gasteiger partial charge < -0.3 is 0 Å². The van der Waals surface area contributed by atoms with E-state index < -0.39 is 0 Å². The molecule has 1 rings (SSSR count). The smallest absolute Gasteiger partial charge is 0.0995 e. The van der Waals surface area contributed by atoms with Gasteiger partial charge in [-0.05, 0) is 19.4 Å². The molecule has 11 heavy (non-hydrogen) atoms. The molecule has 0 radical (unpaired) electrons. The minimum Gasteiger partial charge on any atom is -0.181 e. The molecule has 0 saturated carbocycles. The predicted molar refractivity (Wildman–Crippen MR) is 50.6 cm³/mol. The molecule has 0 atom stereocenters. The fourth-order valence-electron chi connectivity index (χ4n) is 0.486. The third-order valence-corrected chi connectivity index (χ3v) is 1.68. The minimum absolute atomic E-state index is 0.988. The van der Waals surface area contributed by atoms with Gasteiger partial charge in [-0.25, -0.2) is 0 Å². The molecule has 0 N–H and O–H groups in total. The topological polar surface area (TPSA) is 25.8 Å². The van der Waals surface area contributed by atoms with Gasteiger partial charge in [-0.15, -0.1) is 0 Å². The monoisotopic (exact) mass is 170 g/mol. The van der Waals surface area contributed by atoms with Crippen molar-refractivity contribution >= 4 is 17.3 Å². The van der Waals surface area contributed by atoms with Gasteiger partial charge in [-0.2, -0.15) is 8.75 Å². The molecule has 2 nitrogen and oxygen atoms in total. The molecule has 0 saturated heterocycles. The normalized spacial score (nSPS) is 10.4. The van der Waals surface area contributed by atoms with E-state index in [1.54, 1.807) is 6.20 Å². The summed E-state index contributed by atoms with van der Waals surface area (Å²) in [5.41, 5.74) is 2.17. The number of allylic oxidation sites excluding steroid dienone is 2. The summed E-state index contributed by atoms with van der Waals surface area (Å²) in [4.78, 5) is 0. The van der Waals surface area contributed by atoms with E-state index in [9.17, 15) is 0 Å². The van der Waals surface area contributed by atoms with E-state index in [4.69, 9.17) is 0 Å². The Kier molecular flexibility index (Phi) is 5.65. The summed E-state index contributed by atoms with van der Waals surface area (Å²) in [5.74, 6) is 0. The summed E-state index contributed by atoms with van der Waals surface area (Å²) in [6, 6.07) is 0. The van der Waals surface area contributed by atoms with Crippen LogP contribution in [0.4, 0.5) is 0 Å². The predicted octanol–water partition coefficient (Wildman–Crippen LogP) is 2.99. The van der Waals surface area contributed by atoms with Crippen molar-refractivity contribution in [1.82, 2.24) is 8.75 Å².